The number of allylic oxidation sites excluding steroid dienone is 2. The molecule has 1 rings (SSSR count). The van der Waals surface area contributed by atoms with E-state index in [2.05, 4.69) is 4.90 Å². The van der Waals surface area contributed by atoms with Crippen LogP contribution in [0.3, 0.4) is 0 Å². The maximum absolute atomic E-state index is 5.32. The zero-order chi connectivity index (χ0) is 7.40. The molecule has 0 N–H and O–H groups in total. The summed E-state index contributed by atoms with van der Waals surface area (Å²) in [5.74, 6) is 1.05. The summed E-state index contributed by atoms with van der Waals surface area (Å²) in [5, 5.41) is 0. The minimum Gasteiger partial charge on any atom is -0.493 e. The Kier molecular flexibility index (Phi) is 2.51. The molecule has 0 saturated heterocycles. The molecule has 0 fully saturated rings. The quantitative estimate of drug-likeness (QED) is 0.566. The van der Waals surface area contributed by atoms with Gasteiger partial charge in [0.2, 0.25) is 0 Å². The lowest BCUT2D eigenvalue weighted by Gasteiger charge is -2.15. The lowest BCUT2D eigenvalue weighted by Crippen LogP contribution is -2.17. The van der Waals surface area contributed by atoms with E-state index in [1.54, 1.807) is 0 Å². The van der Waals surface area contributed by atoms with Gasteiger partial charge in [-0.3, -0.25) is 0 Å². The molecule has 0 unspecified atom stereocenters. The smallest absolute Gasteiger partial charge is 0.110 e. The van der Waals surface area contributed by atoms with Crippen molar-refractivity contribution in [3.05, 3.63) is 24.0 Å². The molecule has 0 aromatic rings. The molecule has 1 aliphatic heterocycles. The number of hydrogen-bond acceptors (Lipinski definition) is 2. The number of rotatable bonds is 2. The summed E-state index contributed by atoms with van der Waals surface area (Å²) in [4.78, 5) is 2.09. The van der Waals surface area contributed by atoms with Crippen LogP contribution in [0, 0.1) is 0 Å². The average molecular weight is 139 g/mol. The summed E-state index contributed by atoms with van der Waals surface area (Å²) in [5.41, 5.74) is 0. The summed E-state index contributed by atoms with van der Waals surface area (Å²) < 4.78 is 5.32. The van der Waals surface area contributed by atoms with E-state index in [9.17, 15) is 0 Å². The number of ether oxygens (including phenoxy) is 1. The second-order valence-electron chi connectivity index (χ2n) is 2.61. The van der Waals surface area contributed by atoms with Crippen molar-refractivity contribution in [3.63, 3.8) is 0 Å². The van der Waals surface area contributed by atoms with Gasteiger partial charge in [-0.15, -0.1) is 0 Å². The molecule has 0 saturated carbocycles. The third-order valence-corrected chi connectivity index (χ3v) is 1.26. The first-order chi connectivity index (χ1) is 4.79. The lowest BCUT2D eigenvalue weighted by atomic mass is 10.3. The standard InChI is InChI=1S/C8H13NO/c1-9(2)7-8-5-3-4-6-10-8/h3-5H,6-7H2,1-2H3. The van der Waals surface area contributed by atoms with Crippen LogP contribution < -0.4 is 0 Å². The van der Waals surface area contributed by atoms with Crippen LogP contribution in [0.2, 0.25) is 0 Å². The minimum absolute atomic E-state index is 0.722. The second-order valence-corrected chi connectivity index (χ2v) is 2.61. The molecular formula is C8H13NO. The van der Waals surface area contributed by atoms with Gasteiger partial charge in [-0.1, -0.05) is 6.08 Å². The zero-order valence-electron chi connectivity index (χ0n) is 6.50. The van der Waals surface area contributed by atoms with E-state index in [4.69, 9.17) is 4.74 Å². The van der Waals surface area contributed by atoms with E-state index in [1.807, 2.05) is 32.3 Å². The Bertz CT molecular complexity index is 159. The minimum atomic E-state index is 0.722. The van der Waals surface area contributed by atoms with Crippen molar-refractivity contribution in [2.75, 3.05) is 27.2 Å². The van der Waals surface area contributed by atoms with Crippen LogP contribution in [-0.2, 0) is 4.74 Å². The van der Waals surface area contributed by atoms with Gasteiger partial charge in [-0.2, -0.15) is 0 Å². The zero-order valence-corrected chi connectivity index (χ0v) is 6.50. The Hall–Kier alpha value is -0.760. The van der Waals surface area contributed by atoms with Gasteiger partial charge in [0.1, 0.15) is 12.4 Å². The van der Waals surface area contributed by atoms with Crippen LogP contribution >= 0.6 is 0 Å². The van der Waals surface area contributed by atoms with E-state index >= 15 is 0 Å². The van der Waals surface area contributed by atoms with E-state index in [0.29, 0.717) is 0 Å². The van der Waals surface area contributed by atoms with Crippen LogP contribution in [0.25, 0.3) is 0 Å². The summed E-state index contributed by atoms with van der Waals surface area (Å²) in [6, 6.07) is 0. The molecule has 1 heterocycles. The summed E-state index contributed by atoms with van der Waals surface area (Å²) in [7, 11) is 4.06. The van der Waals surface area contributed by atoms with Crippen molar-refractivity contribution in [1.29, 1.82) is 0 Å². The van der Waals surface area contributed by atoms with Gasteiger partial charge in [-0.25, -0.2) is 0 Å². The highest BCUT2D eigenvalue weighted by Gasteiger charge is 2.00. The van der Waals surface area contributed by atoms with Crippen molar-refractivity contribution in [3.8, 4) is 0 Å². The summed E-state index contributed by atoms with van der Waals surface area (Å²) in [6.45, 7) is 1.62. The van der Waals surface area contributed by atoms with Gasteiger partial charge in [0.25, 0.3) is 0 Å². The molecule has 0 aromatic carbocycles. The third-order valence-electron chi connectivity index (χ3n) is 1.26. The van der Waals surface area contributed by atoms with Crippen LogP contribution in [0.5, 0.6) is 0 Å². The van der Waals surface area contributed by atoms with Gasteiger partial charge in [-0.05, 0) is 26.2 Å². The Morgan fingerprint density at radius 3 is 2.90 bits per heavy atom. The second kappa shape index (κ2) is 3.42. The normalized spacial score (nSPS) is 16.9. The fraction of sp³-hybridized carbons (Fsp3) is 0.500. The molecule has 2 heteroatoms. The van der Waals surface area contributed by atoms with Gasteiger partial charge in [0.05, 0.1) is 6.54 Å². The Morgan fingerprint density at radius 1 is 1.60 bits per heavy atom. The predicted molar refractivity (Wildman–Crippen MR) is 41.7 cm³/mol. The predicted octanol–water partition coefficient (Wildman–Crippen LogP) is 1.02. The summed E-state index contributed by atoms with van der Waals surface area (Å²) >= 11 is 0. The summed E-state index contributed by atoms with van der Waals surface area (Å²) in [6.07, 6.45) is 6.03. The van der Waals surface area contributed by atoms with E-state index in [1.165, 1.54) is 0 Å². The molecule has 0 bridgehead atoms. The topological polar surface area (TPSA) is 12.5 Å². The molecule has 0 amide bonds. The van der Waals surface area contributed by atoms with Crippen molar-refractivity contribution in [2.45, 2.75) is 0 Å². The number of hydrogen-bond donors (Lipinski definition) is 0. The van der Waals surface area contributed by atoms with Crippen molar-refractivity contribution in [1.82, 2.24) is 4.90 Å². The molecule has 2 nitrogen and oxygen atoms in total. The van der Waals surface area contributed by atoms with Gasteiger partial charge < -0.3 is 9.64 Å². The fourth-order valence-corrected chi connectivity index (χ4v) is 0.844. The Balaban J connectivity index is 2.39. The maximum Gasteiger partial charge on any atom is 0.110 e. The monoisotopic (exact) mass is 139 g/mol. The molecule has 0 spiro atoms. The molecule has 56 valence electrons. The van der Waals surface area contributed by atoms with Crippen LogP contribution in [0.15, 0.2) is 24.0 Å². The fourth-order valence-electron chi connectivity index (χ4n) is 0.844. The molecular weight excluding hydrogens is 126 g/mol. The first kappa shape index (κ1) is 7.35. The van der Waals surface area contributed by atoms with Crippen LogP contribution in [-0.4, -0.2) is 32.1 Å². The first-order valence-corrected chi connectivity index (χ1v) is 3.42. The number of likely N-dealkylation sites (N-methyl/N-ethyl adjacent to an activating group) is 1. The van der Waals surface area contributed by atoms with E-state index in [-0.39, 0.29) is 0 Å². The van der Waals surface area contributed by atoms with Crippen LogP contribution in [0.1, 0.15) is 0 Å². The SMILES string of the molecule is CN(C)CC1=CC=CCO1. The Morgan fingerprint density at radius 2 is 2.40 bits per heavy atom. The van der Waals surface area contributed by atoms with Gasteiger partial charge >= 0.3 is 0 Å². The molecule has 0 atom stereocenters. The highest BCUT2D eigenvalue weighted by atomic mass is 16.5. The largest absolute Gasteiger partial charge is 0.493 e. The first-order valence-electron chi connectivity index (χ1n) is 3.42. The highest BCUT2D eigenvalue weighted by molar-refractivity contribution is 5.12. The number of nitrogens with zero attached hydrogens (tertiary/aromatic N) is 1. The Labute approximate surface area is 61.8 Å². The highest BCUT2D eigenvalue weighted by Crippen LogP contribution is 2.03. The molecule has 0 aromatic heterocycles. The van der Waals surface area contributed by atoms with Crippen molar-refractivity contribution < 1.29 is 4.74 Å². The molecule has 10 heavy (non-hydrogen) atoms. The lowest BCUT2D eigenvalue weighted by molar-refractivity contribution is 0.212. The van der Waals surface area contributed by atoms with Crippen molar-refractivity contribution >= 4 is 0 Å². The molecule has 0 radical (unpaired) electrons. The molecule has 0 aliphatic carbocycles. The van der Waals surface area contributed by atoms with Crippen molar-refractivity contribution in [2.24, 2.45) is 0 Å². The van der Waals surface area contributed by atoms with Gasteiger partial charge in [0, 0.05) is 0 Å². The maximum atomic E-state index is 5.32. The van der Waals surface area contributed by atoms with E-state index < -0.39 is 0 Å². The van der Waals surface area contributed by atoms with Crippen LogP contribution in [0.4, 0.5) is 0 Å². The van der Waals surface area contributed by atoms with E-state index in [0.717, 1.165) is 18.9 Å². The molecule has 1 aliphatic rings. The van der Waals surface area contributed by atoms with Gasteiger partial charge in [0.15, 0.2) is 0 Å². The third kappa shape index (κ3) is 2.23. The average Bonchev–Trinajstić information content (AvgIpc) is 1.88.